The highest BCUT2D eigenvalue weighted by molar-refractivity contribution is 5.97. The Kier molecular flexibility index (Phi) is 3.96. The van der Waals surface area contributed by atoms with Crippen LogP contribution in [0.3, 0.4) is 0 Å². The van der Waals surface area contributed by atoms with Crippen LogP contribution in [0.1, 0.15) is 6.92 Å². The van der Waals surface area contributed by atoms with Crippen LogP contribution in [-0.2, 0) is 0 Å². The Labute approximate surface area is 91.4 Å². The topological polar surface area (TPSA) is 70.9 Å². The van der Waals surface area contributed by atoms with Crippen molar-refractivity contribution in [2.24, 2.45) is 16.5 Å². The van der Waals surface area contributed by atoms with Crippen molar-refractivity contribution in [3.63, 3.8) is 0 Å². The van der Waals surface area contributed by atoms with Gasteiger partial charge >= 0.3 is 0 Å². The van der Waals surface area contributed by atoms with E-state index >= 15 is 0 Å². The fraction of sp³-hybridized carbons (Fsp3) is 0.700. The highest BCUT2D eigenvalue weighted by Crippen LogP contribution is 2.10. The number of aliphatic imine (C=N–C) groups is 1. The van der Waals surface area contributed by atoms with Crippen LogP contribution in [0.5, 0.6) is 0 Å². The minimum Gasteiger partial charge on any atom is -0.403 e. The number of piperazine rings is 1. The summed E-state index contributed by atoms with van der Waals surface area (Å²) in [5, 5.41) is 0. The number of amidine groups is 1. The highest BCUT2D eigenvalue weighted by atomic mass is 15.3. The molecule has 0 saturated carbocycles. The lowest BCUT2D eigenvalue weighted by Crippen LogP contribution is -2.53. The van der Waals surface area contributed by atoms with Crippen LogP contribution < -0.4 is 11.5 Å². The van der Waals surface area contributed by atoms with Crippen LogP contribution >= 0.6 is 0 Å². The molecule has 0 radical (unpaired) electrons. The van der Waals surface area contributed by atoms with Crippen molar-refractivity contribution in [1.82, 2.24) is 9.80 Å². The quantitative estimate of drug-likeness (QED) is 0.449. The predicted octanol–water partition coefficient (Wildman–Crippen LogP) is -0.591. The Hall–Kier alpha value is -1.23. The zero-order valence-corrected chi connectivity index (χ0v) is 9.77. The largest absolute Gasteiger partial charge is 0.403 e. The molecular formula is C10H21N5. The van der Waals surface area contributed by atoms with Gasteiger partial charge in [0.15, 0.2) is 0 Å². The third-order valence-electron chi connectivity index (χ3n) is 2.75. The Balaban J connectivity index is 2.78. The molecule has 86 valence electrons. The van der Waals surface area contributed by atoms with Gasteiger partial charge in [-0.3, -0.25) is 4.99 Å². The molecule has 0 bridgehead atoms. The van der Waals surface area contributed by atoms with Crippen molar-refractivity contribution in [3.8, 4) is 0 Å². The molecule has 0 aromatic heterocycles. The van der Waals surface area contributed by atoms with Crippen LogP contribution in [0.4, 0.5) is 0 Å². The summed E-state index contributed by atoms with van der Waals surface area (Å²) in [5.74, 6) is 0.804. The van der Waals surface area contributed by atoms with Gasteiger partial charge in [0.1, 0.15) is 5.84 Å². The minimum absolute atomic E-state index is 0.418. The van der Waals surface area contributed by atoms with Gasteiger partial charge in [-0.05, 0) is 14.0 Å². The summed E-state index contributed by atoms with van der Waals surface area (Å²) >= 11 is 0. The number of nitrogens with two attached hydrogens (primary N) is 2. The summed E-state index contributed by atoms with van der Waals surface area (Å²) < 4.78 is 0. The maximum atomic E-state index is 5.81. The Morgan fingerprint density at radius 1 is 1.47 bits per heavy atom. The van der Waals surface area contributed by atoms with Gasteiger partial charge in [0.05, 0.1) is 5.70 Å². The lowest BCUT2D eigenvalue weighted by atomic mass is 10.2. The number of nitrogens with zero attached hydrogens (tertiary/aromatic N) is 3. The SMILES string of the molecule is CN=C(/C(N)=C\N)N1CCN(C)C[C@H]1C. The van der Waals surface area contributed by atoms with Crippen LogP contribution in [0.15, 0.2) is 16.9 Å². The first-order valence-corrected chi connectivity index (χ1v) is 5.19. The Morgan fingerprint density at radius 3 is 2.60 bits per heavy atom. The molecule has 0 amide bonds. The van der Waals surface area contributed by atoms with Gasteiger partial charge in [0, 0.05) is 38.9 Å². The summed E-state index contributed by atoms with van der Waals surface area (Å²) in [5.41, 5.74) is 11.8. The molecule has 5 nitrogen and oxygen atoms in total. The van der Waals surface area contributed by atoms with E-state index in [1.165, 1.54) is 6.20 Å². The molecule has 1 aliphatic heterocycles. The van der Waals surface area contributed by atoms with Gasteiger partial charge in [-0.25, -0.2) is 0 Å². The van der Waals surface area contributed by atoms with Crippen molar-refractivity contribution in [1.29, 1.82) is 0 Å². The molecule has 0 aromatic carbocycles. The van der Waals surface area contributed by atoms with Crippen LogP contribution in [0, 0.1) is 0 Å². The standard InChI is InChI=1S/C10H21N5/c1-8-7-14(3)4-5-15(8)10(13-2)9(12)6-11/h6,8H,4-5,7,11-12H2,1-3H3/b9-6+,13-10?/t8-/m1/s1. The van der Waals surface area contributed by atoms with E-state index < -0.39 is 0 Å². The van der Waals surface area contributed by atoms with Crippen LogP contribution in [-0.4, -0.2) is 55.4 Å². The number of rotatable bonds is 1. The average Bonchev–Trinajstić information content (AvgIpc) is 2.21. The van der Waals surface area contributed by atoms with Gasteiger partial charge in [-0.2, -0.15) is 0 Å². The summed E-state index contributed by atoms with van der Waals surface area (Å²) in [7, 11) is 3.87. The van der Waals surface area contributed by atoms with Gasteiger partial charge in [-0.15, -0.1) is 0 Å². The molecule has 15 heavy (non-hydrogen) atoms. The van der Waals surface area contributed by atoms with E-state index in [4.69, 9.17) is 11.5 Å². The van der Waals surface area contributed by atoms with Crippen molar-refractivity contribution in [2.75, 3.05) is 33.7 Å². The molecule has 1 atom stereocenters. The molecule has 0 aliphatic carbocycles. The van der Waals surface area contributed by atoms with Crippen LogP contribution in [0.25, 0.3) is 0 Å². The van der Waals surface area contributed by atoms with Gasteiger partial charge in [-0.1, -0.05) is 0 Å². The van der Waals surface area contributed by atoms with Crippen molar-refractivity contribution in [2.45, 2.75) is 13.0 Å². The van der Waals surface area contributed by atoms with Gasteiger partial charge < -0.3 is 21.3 Å². The van der Waals surface area contributed by atoms with Crippen molar-refractivity contribution >= 4 is 5.84 Å². The second-order valence-corrected chi connectivity index (χ2v) is 3.97. The normalized spacial score (nSPS) is 25.8. The molecule has 5 heteroatoms. The Morgan fingerprint density at radius 2 is 2.13 bits per heavy atom. The van der Waals surface area contributed by atoms with Crippen molar-refractivity contribution in [3.05, 3.63) is 11.9 Å². The van der Waals surface area contributed by atoms with E-state index in [0.29, 0.717) is 11.7 Å². The third-order valence-corrected chi connectivity index (χ3v) is 2.75. The molecular weight excluding hydrogens is 190 g/mol. The van der Waals surface area contributed by atoms with E-state index in [1.807, 2.05) is 0 Å². The first-order chi connectivity index (χ1) is 7.10. The molecule has 1 fully saturated rings. The zero-order chi connectivity index (χ0) is 11.4. The first kappa shape index (κ1) is 11.8. The molecule has 1 aliphatic rings. The molecule has 1 rings (SSSR count). The third kappa shape index (κ3) is 2.62. The Bertz CT molecular complexity index is 271. The smallest absolute Gasteiger partial charge is 0.148 e. The minimum atomic E-state index is 0.418. The fourth-order valence-corrected chi connectivity index (χ4v) is 1.95. The van der Waals surface area contributed by atoms with Gasteiger partial charge in [0.25, 0.3) is 0 Å². The molecule has 0 aromatic rings. The van der Waals surface area contributed by atoms with Gasteiger partial charge in [0.2, 0.25) is 0 Å². The fourth-order valence-electron chi connectivity index (χ4n) is 1.95. The van der Waals surface area contributed by atoms with E-state index in [2.05, 4.69) is 28.8 Å². The summed E-state index contributed by atoms with van der Waals surface area (Å²) in [6, 6.07) is 0.418. The first-order valence-electron chi connectivity index (χ1n) is 5.19. The number of likely N-dealkylation sites (N-methyl/N-ethyl adjacent to an activating group) is 1. The lowest BCUT2D eigenvalue weighted by Gasteiger charge is -2.40. The average molecular weight is 211 g/mol. The maximum absolute atomic E-state index is 5.81. The summed E-state index contributed by atoms with van der Waals surface area (Å²) in [6.07, 6.45) is 1.41. The molecule has 4 N–H and O–H groups in total. The van der Waals surface area contributed by atoms with E-state index in [0.717, 1.165) is 25.5 Å². The maximum Gasteiger partial charge on any atom is 0.148 e. The predicted molar refractivity (Wildman–Crippen MR) is 63.5 cm³/mol. The van der Waals surface area contributed by atoms with E-state index in [9.17, 15) is 0 Å². The number of hydrogen-bond donors (Lipinski definition) is 2. The molecule has 1 saturated heterocycles. The molecule has 0 unspecified atom stereocenters. The molecule has 1 heterocycles. The highest BCUT2D eigenvalue weighted by Gasteiger charge is 2.24. The summed E-state index contributed by atoms with van der Waals surface area (Å²) in [4.78, 5) is 8.72. The van der Waals surface area contributed by atoms with Crippen LogP contribution in [0.2, 0.25) is 0 Å². The molecule has 0 spiro atoms. The number of hydrogen-bond acceptors (Lipinski definition) is 4. The van der Waals surface area contributed by atoms with E-state index in [-0.39, 0.29) is 0 Å². The second kappa shape index (κ2) is 5.02. The zero-order valence-electron chi connectivity index (χ0n) is 9.77. The van der Waals surface area contributed by atoms with E-state index in [1.54, 1.807) is 7.05 Å². The van der Waals surface area contributed by atoms with Crippen molar-refractivity contribution < 1.29 is 0 Å². The second-order valence-electron chi connectivity index (χ2n) is 3.97. The monoisotopic (exact) mass is 211 g/mol. The summed E-state index contributed by atoms with van der Waals surface area (Å²) in [6.45, 7) is 5.17. The lowest BCUT2D eigenvalue weighted by molar-refractivity contribution is 0.161.